The van der Waals surface area contributed by atoms with E-state index in [0.717, 1.165) is 30.7 Å². The van der Waals surface area contributed by atoms with Crippen molar-refractivity contribution in [3.8, 4) is 0 Å². The Kier molecular flexibility index (Phi) is 5.76. The largest absolute Gasteiger partial charge is 0.462 e. The predicted molar refractivity (Wildman–Crippen MR) is 83.9 cm³/mol. The van der Waals surface area contributed by atoms with Gasteiger partial charge in [-0.15, -0.1) is 11.3 Å². The highest BCUT2D eigenvalue weighted by atomic mass is 32.1. The number of aryl methyl sites for hydroxylation is 1. The lowest BCUT2D eigenvalue weighted by Gasteiger charge is -2.10. The van der Waals surface area contributed by atoms with Crippen LogP contribution in [-0.4, -0.2) is 31.1 Å². The summed E-state index contributed by atoms with van der Waals surface area (Å²) in [6, 6.07) is 2.06. The molecule has 0 bridgehead atoms. The molecule has 21 heavy (non-hydrogen) atoms. The summed E-state index contributed by atoms with van der Waals surface area (Å²) in [5.74, 6) is -0.424. The summed E-state index contributed by atoms with van der Waals surface area (Å²) in [5, 5.41) is 6.77. The van der Waals surface area contributed by atoms with E-state index in [4.69, 9.17) is 4.74 Å². The molecule has 0 radical (unpaired) electrons. The number of carbonyl (C=O) groups is 2. The molecule has 5 nitrogen and oxygen atoms in total. The third-order valence-corrected chi connectivity index (χ3v) is 4.67. The summed E-state index contributed by atoms with van der Waals surface area (Å²) in [6.07, 6.45) is 3.42. The van der Waals surface area contributed by atoms with Gasteiger partial charge < -0.3 is 15.4 Å². The number of rotatable bonds is 6. The average molecular weight is 310 g/mol. The van der Waals surface area contributed by atoms with Gasteiger partial charge >= 0.3 is 5.97 Å². The molecule has 1 unspecified atom stereocenters. The van der Waals surface area contributed by atoms with Gasteiger partial charge in [0, 0.05) is 17.3 Å². The van der Waals surface area contributed by atoms with E-state index in [9.17, 15) is 9.59 Å². The van der Waals surface area contributed by atoms with Gasteiger partial charge in [-0.1, -0.05) is 6.92 Å². The van der Waals surface area contributed by atoms with Gasteiger partial charge in [-0.25, -0.2) is 4.79 Å². The Bertz CT molecular complexity index is 507. The van der Waals surface area contributed by atoms with Crippen LogP contribution in [0.3, 0.4) is 0 Å². The fourth-order valence-corrected chi connectivity index (χ4v) is 3.40. The molecular weight excluding hydrogens is 288 g/mol. The summed E-state index contributed by atoms with van der Waals surface area (Å²) in [5.41, 5.74) is 0.464. The van der Waals surface area contributed by atoms with Gasteiger partial charge in [0.15, 0.2) is 0 Å². The molecule has 116 valence electrons. The van der Waals surface area contributed by atoms with Crippen molar-refractivity contribution in [3.63, 3.8) is 0 Å². The topological polar surface area (TPSA) is 67.4 Å². The van der Waals surface area contributed by atoms with Crippen LogP contribution in [0.5, 0.6) is 0 Å². The van der Waals surface area contributed by atoms with E-state index < -0.39 is 0 Å². The van der Waals surface area contributed by atoms with Crippen molar-refractivity contribution in [2.45, 2.75) is 45.6 Å². The van der Waals surface area contributed by atoms with E-state index in [1.54, 1.807) is 6.92 Å². The zero-order valence-corrected chi connectivity index (χ0v) is 13.3. The average Bonchev–Trinajstić information content (AvgIpc) is 3.08. The lowest BCUT2D eigenvalue weighted by molar-refractivity contribution is -0.116. The molecule has 0 aromatic carbocycles. The summed E-state index contributed by atoms with van der Waals surface area (Å²) in [6.45, 7) is 5.10. The maximum atomic E-state index is 12.1. The zero-order chi connectivity index (χ0) is 15.2. The second-order valence-corrected chi connectivity index (χ2v) is 6.21. The number of hydrogen-bond acceptors (Lipinski definition) is 5. The van der Waals surface area contributed by atoms with Crippen LogP contribution in [0, 0.1) is 0 Å². The summed E-state index contributed by atoms with van der Waals surface area (Å²) in [7, 11) is 0. The first-order chi connectivity index (χ1) is 10.1. The van der Waals surface area contributed by atoms with Crippen molar-refractivity contribution < 1.29 is 14.3 Å². The van der Waals surface area contributed by atoms with Crippen LogP contribution in [0.4, 0.5) is 5.00 Å². The number of nitrogens with one attached hydrogen (secondary N) is 2. The van der Waals surface area contributed by atoms with Crippen LogP contribution < -0.4 is 10.6 Å². The fraction of sp³-hybridized carbons (Fsp3) is 0.600. The number of carbonyl (C=O) groups excluding carboxylic acids is 2. The number of thiophene rings is 1. The number of amides is 1. The number of esters is 1. The third-order valence-electron chi connectivity index (χ3n) is 3.47. The first kappa shape index (κ1) is 16.0. The van der Waals surface area contributed by atoms with Crippen LogP contribution in [0.1, 0.15) is 48.3 Å². The van der Waals surface area contributed by atoms with Gasteiger partial charge in [-0.2, -0.15) is 0 Å². The molecule has 0 saturated carbocycles. The van der Waals surface area contributed by atoms with Gasteiger partial charge in [-0.05, 0) is 38.8 Å². The number of ether oxygens (including phenoxy) is 1. The zero-order valence-electron chi connectivity index (χ0n) is 12.5. The first-order valence-electron chi connectivity index (χ1n) is 7.47. The second kappa shape index (κ2) is 7.56. The Morgan fingerprint density at radius 1 is 1.48 bits per heavy atom. The molecule has 6 heteroatoms. The Labute approximate surface area is 129 Å². The van der Waals surface area contributed by atoms with Crippen LogP contribution in [0.25, 0.3) is 0 Å². The van der Waals surface area contributed by atoms with E-state index in [0.29, 0.717) is 23.6 Å². The lowest BCUT2D eigenvalue weighted by atomic mass is 10.1. The molecule has 2 heterocycles. The van der Waals surface area contributed by atoms with E-state index >= 15 is 0 Å². The molecule has 0 spiro atoms. The molecule has 1 fully saturated rings. The quantitative estimate of drug-likeness (QED) is 0.793. The maximum Gasteiger partial charge on any atom is 0.341 e. The van der Waals surface area contributed by atoms with E-state index in [-0.39, 0.29) is 17.9 Å². The summed E-state index contributed by atoms with van der Waals surface area (Å²) < 4.78 is 5.05. The Morgan fingerprint density at radius 3 is 2.90 bits per heavy atom. The molecule has 1 atom stereocenters. The van der Waals surface area contributed by atoms with Crippen LogP contribution in [0.15, 0.2) is 6.07 Å². The van der Waals surface area contributed by atoms with Crippen LogP contribution in [0.2, 0.25) is 0 Å². The minimum atomic E-state index is -0.372. The van der Waals surface area contributed by atoms with Crippen LogP contribution >= 0.6 is 11.3 Å². The van der Waals surface area contributed by atoms with Crippen molar-refractivity contribution in [2.75, 3.05) is 18.5 Å². The van der Waals surface area contributed by atoms with Gasteiger partial charge in [0.25, 0.3) is 0 Å². The SMILES string of the molecule is CCOC(=O)c1cc(CC)sc1NC(=O)CC1CCCN1. The Morgan fingerprint density at radius 2 is 2.29 bits per heavy atom. The molecular formula is C15H22N2O3S. The molecule has 1 aliphatic rings. The number of hydrogen-bond donors (Lipinski definition) is 2. The first-order valence-corrected chi connectivity index (χ1v) is 8.28. The molecule has 1 aromatic heterocycles. The normalized spacial score (nSPS) is 17.7. The van der Waals surface area contributed by atoms with Gasteiger partial charge in [0.2, 0.25) is 5.91 Å². The van der Waals surface area contributed by atoms with E-state index in [2.05, 4.69) is 10.6 Å². The van der Waals surface area contributed by atoms with Crippen molar-refractivity contribution >= 4 is 28.2 Å². The van der Waals surface area contributed by atoms with Crippen molar-refractivity contribution in [3.05, 3.63) is 16.5 Å². The molecule has 2 N–H and O–H groups in total. The molecule has 0 aliphatic carbocycles. The maximum absolute atomic E-state index is 12.1. The lowest BCUT2D eigenvalue weighted by Crippen LogP contribution is -2.27. The molecule has 1 amide bonds. The molecule has 1 saturated heterocycles. The van der Waals surface area contributed by atoms with Crippen molar-refractivity contribution in [2.24, 2.45) is 0 Å². The van der Waals surface area contributed by atoms with Crippen molar-refractivity contribution in [1.82, 2.24) is 5.32 Å². The minimum absolute atomic E-state index is 0.0514. The molecule has 1 aliphatic heterocycles. The summed E-state index contributed by atoms with van der Waals surface area (Å²) >= 11 is 1.45. The monoisotopic (exact) mass is 310 g/mol. The van der Waals surface area contributed by atoms with Crippen LogP contribution in [-0.2, 0) is 16.0 Å². The predicted octanol–water partition coefficient (Wildman–Crippen LogP) is 2.57. The second-order valence-electron chi connectivity index (χ2n) is 5.08. The third kappa shape index (κ3) is 4.28. The highest BCUT2D eigenvalue weighted by molar-refractivity contribution is 7.16. The van der Waals surface area contributed by atoms with Crippen molar-refractivity contribution in [1.29, 1.82) is 0 Å². The minimum Gasteiger partial charge on any atom is -0.462 e. The van der Waals surface area contributed by atoms with Gasteiger partial charge in [-0.3, -0.25) is 4.79 Å². The van der Waals surface area contributed by atoms with E-state index in [1.807, 2.05) is 13.0 Å². The smallest absolute Gasteiger partial charge is 0.341 e. The summed E-state index contributed by atoms with van der Waals surface area (Å²) in [4.78, 5) is 25.1. The Balaban J connectivity index is 2.04. The number of anilines is 1. The highest BCUT2D eigenvalue weighted by Gasteiger charge is 2.21. The standard InChI is InChI=1S/C15H22N2O3S/c1-3-11-9-12(15(19)20-4-2)14(21-11)17-13(18)8-10-6-5-7-16-10/h9-10,16H,3-8H2,1-2H3,(H,17,18). The molecule has 1 aromatic rings. The Hall–Kier alpha value is -1.40. The van der Waals surface area contributed by atoms with Gasteiger partial charge in [0.05, 0.1) is 12.2 Å². The van der Waals surface area contributed by atoms with E-state index in [1.165, 1.54) is 11.3 Å². The molecule has 2 rings (SSSR count). The van der Waals surface area contributed by atoms with Gasteiger partial charge in [0.1, 0.15) is 5.00 Å². The highest BCUT2D eigenvalue weighted by Crippen LogP contribution is 2.29. The fourth-order valence-electron chi connectivity index (χ4n) is 2.40.